The van der Waals surface area contributed by atoms with E-state index in [9.17, 15) is 9.59 Å². The van der Waals surface area contributed by atoms with Gasteiger partial charge in [-0.3, -0.25) is 9.69 Å². The van der Waals surface area contributed by atoms with E-state index in [2.05, 4.69) is 24.0 Å². The minimum absolute atomic E-state index is 0.0350. The van der Waals surface area contributed by atoms with E-state index in [1.807, 2.05) is 24.1 Å². The molecule has 0 amide bonds. The van der Waals surface area contributed by atoms with Crippen molar-refractivity contribution < 1.29 is 14.3 Å². The fourth-order valence-electron chi connectivity index (χ4n) is 3.00. The fraction of sp³-hybridized carbons (Fsp3) is 0.400. The Bertz CT molecular complexity index is 777. The Balaban J connectivity index is 2.12. The zero-order valence-corrected chi connectivity index (χ0v) is 15.6. The van der Waals surface area contributed by atoms with Gasteiger partial charge in [-0.15, -0.1) is 0 Å². The van der Waals surface area contributed by atoms with E-state index < -0.39 is 0 Å². The molecule has 0 fully saturated rings. The zero-order valence-electron chi connectivity index (χ0n) is 15.6. The first kappa shape index (κ1) is 18.9. The molecule has 1 aromatic heterocycles. The van der Waals surface area contributed by atoms with Crippen LogP contribution < -0.4 is 0 Å². The second-order valence-electron chi connectivity index (χ2n) is 6.37. The second kappa shape index (κ2) is 8.12. The number of Topliss-reactive ketones (excluding diaryl/α,β-unsaturated/α-hetero) is 1. The molecule has 1 N–H and O–H groups in total. The number of H-pyrrole nitrogens is 1. The van der Waals surface area contributed by atoms with E-state index in [4.69, 9.17) is 4.74 Å². The zero-order chi connectivity index (χ0) is 18.6. The number of nitrogens with zero attached hydrogens (tertiary/aromatic N) is 1. The van der Waals surface area contributed by atoms with Crippen LogP contribution in [0.5, 0.6) is 0 Å². The van der Waals surface area contributed by atoms with Gasteiger partial charge >= 0.3 is 5.97 Å². The highest BCUT2D eigenvalue weighted by Crippen LogP contribution is 2.20. The summed E-state index contributed by atoms with van der Waals surface area (Å²) in [6.07, 6.45) is 0. The van der Waals surface area contributed by atoms with Gasteiger partial charge in [0.2, 0.25) is 0 Å². The highest BCUT2D eigenvalue weighted by atomic mass is 16.5. The second-order valence-corrected chi connectivity index (χ2v) is 6.37. The normalized spacial score (nSPS) is 11.0. The first-order valence-corrected chi connectivity index (χ1v) is 8.47. The van der Waals surface area contributed by atoms with E-state index >= 15 is 0 Å². The van der Waals surface area contributed by atoms with Gasteiger partial charge < -0.3 is 9.72 Å². The van der Waals surface area contributed by atoms with Crippen LogP contribution in [0.15, 0.2) is 24.3 Å². The molecule has 1 aromatic carbocycles. The molecule has 134 valence electrons. The topological polar surface area (TPSA) is 62.4 Å². The Morgan fingerprint density at radius 3 is 2.48 bits per heavy atom. The summed E-state index contributed by atoms with van der Waals surface area (Å²) in [5.74, 6) is -0.423. The molecule has 5 nitrogen and oxygen atoms in total. The fourth-order valence-corrected chi connectivity index (χ4v) is 3.00. The van der Waals surface area contributed by atoms with Crippen LogP contribution in [0.2, 0.25) is 0 Å². The lowest BCUT2D eigenvalue weighted by Gasteiger charge is -2.17. The molecule has 0 atom stereocenters. The summed E-state index contributed by atoms with van der Waals surface area (Å²) in [7, 11) is 1.92. The predicted molar refractivity (Wildman–Crippen MR) is 98.1 cm³/mol. The molecule has 0 unspecified atom stereocenters. The van der Waals surface area contributed by atoms with Crippen molar-refractivity contribution in [1.29, 1.82) is 0 Å². The molecular weight excluding hydrogens is 316 g/mol. The Morgan fingerprint density at radius 1 is 1.16 bits per heavy atom. The lowest BCUT2D eigenvalue weighted by atomic mass is 10.1. The summed E-state index contributed by atoms with van der Waals surface area (Å²) < 4.78 is 5.08. The number of aromatic nitrogens is 1. The number of aromatic amines is 1. The Hall–Kier alpha value is -2.40. The molecule has 0 radical (unpaired) electrons. The van der Waals surface area contributed by atoms with Gasteiger partial charge in [-0.2, -0.15) is 0 Å². The molecule has 0 saturated heterocycles. The van der Waals surface area contributed by atoms with Crippen LogP contribution in [-0.2, 0) is 11.3 Å². The van der Waals surface area contributed by atoms with Crippen LogP contribution in [-0.4, -0.2) is 41.8 Å². The van der Waals surface area contributed by atoms with Crippen LogP contribution in [0, 0.1) is 20.8 Å². The number of hydrogen-bond acceptors (Lipinski definition) is 4. The van der Waals surface area contributed by atoms with Crippen molar-refractivity contribution in [1.82, 2.24) is 9.88 Å². The van der Waals surface area contributed by atoms with Gasteiger partial charge in [0.25, 0.3) is 0 Å². The summed E-state index contributed by atoms with van der Waals surface area (Å²) >= 11 is 0. The van der Waals surface area contributed by atoms with Gasteiger partial charge in [0.05, 0.1) is 24.4 Å². The largest absolute Gasteiger partial charge is 0.462 e. The quantitative estimate of drug-likeness (QED) is 0.618. The molecule has 2 rings (SSSR count). The number of hydrogen-bond donors (Lipinski definition) is 1. The van der Waals surface area contributed by atoms with Gasteiger partial charge in [0.1, 0.15) is 0 Å². The summed E-state index contributed by atoms with van der Waals surface area (Å²) in [6.45, 7) is 8.68. The molecule has 0 bridgehead atoms. The summed E-state index contributed by atoms with van der Waals surface area (Å²) in [6, 6.07) is 8.14. The number of likely N-dealkylation sites (N-methyl/N-ethyl adjacent to an activating group) is 1. The Kier molecular flexibility index (Phi) is 6.15. The molecule has 1 heterocycles. The lowest BCUT2D eigenvalue weighted by molar-refractivity contribution is 0.0525. The van der Waals surface area contributed by atoms with Gasteiger partial charge in [-0.25, -0.2) is 4.79 Å². The predicted octanol–water partition coefficient (Wildman–Crippen LogP) is 3.43. The van der Waals surface area contributed by atoms with E-state index in [-0.39, 0.29) is 18.3 Å². The van der Waals surface area contributed by atoms with E-state index in [0.717, 1.165) is 0 Å². The van der Waals surface area contributed by atoms with Crippen molar-refractivity contribution in [3.05, 3.63) is 57.9 Å². The molecule has 0 aliphatic rings. The number of benzene rings is 1. The lowest BCUT2D eigenvalue weighted by Crippen LogP contribution is -2.26. The van der Waals surface area contributed by atoms with Gasteiger partial charge in [-0.1, -0.05) is 24.3 Å². The molecular formula is C20H26N2O3. The third kappa shape index (κ3) is 4.37. The number of carbonyl (C=O) groups excluding carboxylic acids is 2. The highest BCUT2D eigenvalue weighted by molar-refractivity contribution is 6.02. The number of esters is 1. The number of nitrogens with one attached hydrogen (secondary N) is 1. The maximum Gasteiger partial charge on any atom is 0.340 e. The number of carbonyl (C=O) groups is 2. The Morgan fingerprint density at radius 2 is 1.84 bits per heavy atom. The number of ether oxygens (including phenoxy) is 1. The minimum Gasteiger partial charge on any atom is -0.462 e. The van der Waals surface area contributed by atoms with Crippen molar-refractivity contribution in [2.45, 2.75) is 34.2 Å². The van der Waals surface area contributed by atoms with Crippen LogP contribution in [0.25, 0.3) is 0 Å². The van der Waals surface area contributed by atoms with Gasteiger partial charge in [0, 0.05) is 12.2 Å². The molecule has 5 heteroatoms. The van der Waals surface area contributed by atoms with Crippen molar-refractivity contribution in [3.8, 4) is 0 Å². The standard InChI is InChI=1S/C20H26N2O3/c1-6-25-20(24)18-14(3)19(21-15(18)4)17(23)12-22(5)11-16-10-8-7-9-13(16)2/h7-10,21H,6,11-12H2,1-5H3. The third-order valence-corrected chi connectivity index (χ3v) is 4.31. The first-order valence-electron chi connectivity index (χ1n) is 8.47. The Labute approximate surface area is 149 Å². The third-order valence-electron chi connectivity index (χ3n) is 4.31. The van der Waals surface area contributed by atoms with Crippen LogP contribution >= 0.6 is 0 Å². The molecule has 0 spiro atoms. The van der Waals surface area contributed by atoms with E-state index in [0.29, 0.717) is 35.7 Å². The van der Waals surface area contributed by atoms with Crippen LogP contribution in [0.1, 0.15) is 50.2 Å². The van der Waals surface area contributed by atoms with Gasteiger partial charge in [-0.05, 0) is 51.4 Å². The minimum atomic E-state index is -0.388. The van der Waals surface area contributed by atoms with E-state index in [1.54, 1.807) is 20.8 Å². The van der Waals surface area contributed by atoms with Crippen molar-refractivity contribution in [2.75, 3.05) is 20.2 Å². The smallest absolute Gasteiger partial charge is 0.340 e. The van der Waals surface area contributed by atoms with Crippen molar-refractivity contribution in [2.24, 2.45) is 0 Å². The summed E-state index contributed by atoms with van der Waals surface area (Å²) in [4.78, 5) is 29.8. The average Bonchev–Trinajstić information content (AvgIpc) is 2.84. The maximum atomic E-state index is 12.7. The van der Waals surface area contributed by atoms with Crippen molar-refractivity contribution in [3.63, 3.8) is 0 Å². The van der Waals surface area contributed by atoms with Gasteiger partial charge in [0.15, 0.2) is 5.78 Å². The van der Waals surface area contributed by atoms with Crippen LogP contribution in [0.3, 0.4) is 0 Å². The molecule has 25 heavy (non-hydrogen) atoms. The molecule has 0 saturated carbocycles. The average molecular weight is 342 g/mol. The van der Waals surface area contributed by atoms with Crippen molar-refractivity contribution >= 4 is 11.8 Å². The molecule has 0 aliphatic carbocycles. The van der Waals surface area contributed by atoms with Crippen LogP contribution in [0.4, 0.5) is 0 Å². The molecule has 2 aromatic rings. The first-order chi connectivity index (χ1) is 11.8. The molecule has 0 aliphatic heterocycles. The SMILES string of the molecule is CCOC(=O)c1c(C)[nH]c(C(=O)CN(C)Cc2ccccc2C)c1C. The number of aryl methyl sites for hydroxylation is 2. The summed E-state index contributed by atoms with van der Waals surface area (Å²) in [5.41, 5.74) is 4.68. The number of ketones is 1. The highest BCUT2D eigenvalue weighted by Gasteiger charge is 2.23. The maximum absolute atomic E-state index is 12.7. The summed E-state index contributed by atoms with van der Waals surface area (Å²) in [5, 5.41) is 0. The monoisotopic (exact) mass is 342 g/mol. The van der Waals surface area contributed by atoms with E-state index in [1.165, 1.54) is 11.1 Å². The number of rotatable bonds is 7.